The third kappa shape index (κ3) is 7.38. The molecule has 0 saturated carbocycles. The first-order valence-corrected chi connectivity index (χ1v) is 18.9. The number of nitrogens with one attached hydrogen (secondary N) is 2. The van der Waals surface area contributed by atoms with Crippen molar-refractivity contribution in [1.29, 1.82) is 0 Å². The van der Waals surface area contributed by atoms with Crippen molar-refractivity contribution in [3.05, 3.63) is 69.5 Å². The summed E-state index contributed by atoms with van der Waals surface area (Å²) in [5.74, 6) is -3.39. The highest BCUT2D eigenvalue weighted by Gasteiger charge is 2.30. The van der Waals surface area contributed by atoms with E-state index in [2.05, 4.69) is 31.2 Å². The number of halogens is 4. The van der Waals surface area contributed by atoms with Gasteiger partial charge in [0, 0.05) is 40.8 Å². The summed E-state index contributed by atoms with van der Waals surface area (Å²) < 4.78 is 98.3. The van der Waals surface area contributed by atoms with E-state index in [1.165, 1.54) is 34.0 Å². The molecule has 3 heterocycles. The Morgan fingerprint density at radius 2 is 1.65 bits per heavy atom. The standard InChI is InChI=1S/C29H30BrF3N6O4S3/c1-29(2,3)27-37-24(18-6-5-7-21(23(18)33)38-46(42,43)26-19(31)14-16(30)15-20(26)32)25(44-27)22-8-11-34-28(36-22)35-17-9-12-39(13-10-17)45(4,40)41/h5-8,11,14-15,17,38H,9-10,12-13H2,1-4H3,(H,34,35,36). The Hall–Kier alpha value is -3.12. The van der Waals surface area contributed by atoms with Crippen LogP contribution in [0.15, 0.2) is 52.0 Å². The van der Waals surface area contributed by atoms with Crippen LogP contribution in [-0.2, 0) is 25.5 Å². The third-order valence-electron chi connectivity index (χ3n) is 7.14. The predicted octanol–water partition coefficient (Wildman–Crippen LogP) is 6.38. The number of piperidine rings is 1. The fraction of sp³-hybridized carbons (Fsp3) is 0.345. The highest BCUT2D eigenvalue weighted by atomic mass is 79.9. The van der Waals surface area contributed by atoms with E-state index in [-0.39, 0.29) is 21.8 Å². The van der Waals surface area contributed by atoms with Gasteiger partial charge in [0.2, 0.25) is 16.0 Å². The zero-order chi connectivity index (χ0) is 33.6. The van der Waals surface area contributed by atoms with Gasteiger partial charge in [-0.25, -0.2) is 49.3 Å². The van der Waals surface area contributed by atoms with E-state index in [1.807, 2.05) is 25.5 Å². The summed E-state index contributed by atoms with van der Waals surface area (Å²) in [5.41, 5.74) is -0.397. The summed E-state index contributed by atoms with van der Waals surface area (Å²) in [4.78, 5) is 13.0. The number of sulfonamides is 2. The fourth-order valence-corrected chi connectivity index (χ4v) is 8.40. The van der Waals surface area contributed by atoms with E-state index in [0.717, 1.165) is 18.2 Å². The average Bonchev–Trinajstić information content (AvgIpc) is 3.39. The molecule has 2 aromatic heterocycles. The molecule has 46 heavy (non-hydrogen) atoms. The highest BCUT2D eigenvalue weighted by molar-refractivity contribution is 9.10. The molecule has 1 aliphatic rings. The van der Waals surface area contributed by atoms with Gasteiger partial charge in [0.15, 0.2) is 10.7 Å². The van der Waals surface area contributed by atoms with E-state index in [1.54, 1.807) is 12.3 Å². The Bertz CT molecular complexity index is 1990. The molecule has 2 aromatic carbocycles. The van der Waals surface area contributed by atoms with Crippen LogP contribution in [0.4, 0.5) is 24.8 Å². The van der Waals surface area contributed by atoms with Crippen LogP contribution < -0.4 is 10.0 Å². The fourth-order valence-electron chi connectivity index (χ4n) is 4.84. The normalized spacial score (nSPS) is 15.2. The number of anilines is 2. The van der Waals surface area contributed by atoms with Crippen LogP contribution in [-0.4, -0.2) is 61.5 Å². The Morgan fingerprint density at radius 1 is 1.00 bits per heavy atom. The molecule has 1 aliphatic heterocycles. The van der Waals surface area contributed by atoms with Crippen LogP contribution in [0.5, 0.6) is 0 Å². The molecule has 0 aliphatic carbocycles. The van der Waals surface area contributed by atoms with Gasteiger partial charge in [-0.15, -0.1) is 11.3 Å². The first kappa shape index (κ1) is 34.2. The summed E-state index contributed by atoms with van der Waals surface area (Å²) >= 11 is 4.20. The second-order valence-corrected chi connectivity index (χ2v) is 17.3. The highest BCUT2D eigenvalue weighted by Crippen LogP contribution is 2.42. The van der Waals surface area contributed by atoms with E-state index in [9.17, 15) is 25.6 Å². The SMILES string of the molecule is CC(C)(C)c1nc(-c2cccc(NS(=O)(=O)c3c(F)cc(Br)cc3F)c2F)c(-c2ccnc(NC3CCN(S(C)(=O)=O)CC3)n2)s1. The average molecular weight is 760 g/mol. The summed E-state index contributed by atoms with van der Waals surface area (Å²) in [7, 11) is -8.15. The van der Waals surface area contributed by atoms with Crippen LogP contribution in [0.1, 0.15) is 38.6 Å². The van der Waals surface area contributed by atoms with Crippen molar-refractivity contribution >= 4 is 58.9 Å². The van der Waals surface area contributed by atoms with Gasteiger partial charge < -0.3 is 5.32 Å². The molecule has 1 saturated heterocycles. The van der Waals surface area contributed by atoms with Crippen LogP contribution in [0.2, 0.25) is 0 Å². The van der Waals surface area contributed by atoms with Crippen molar-refractivity contribution in [2.24, 2.45) is 0 Å². The van der Waals surface area contributed by atoms with Gasteiger partial charge in [-0.1, -0.05) is 42.8 Å². The lowest BCUT2D eigenvalue weighted by Gasteiger charge is -2.30. The van der Waals surface area contributed by atoms with Gasteiger partial charge in [-0.2, -0.15) is 0 Å². The molecule has 5 rings (SSSR count). The number of thiazole rings is 1. The number of hydrogen-bond donors (Lipinski definition) is 2. The molecular formula is C29H30BrF3N6O4S3. The molecular weight excluding hydrogens is 729 g/mol. The maximum absolute atomic E-state index is 16.1. The largest absolute Gasteiger partial charge is 0.351 e. The molecule has 17 heteroatoms. The van der Waals surface area contributed by atoms with Crippen molar-refractivity contribution in [3.63, 3.8) is 0 Å². The van der Waals surface area contributed by atoms with E-state index < -0.39 is 53.5 Å². The van der Waals surface area contributed by atoms with Crippen LogP contribution in [0.25, 0.3) is 21.8 Å². The molecule has 0 radical (unpaired) electrons. The molecule has 0 unspecified atom stereocenters. The predicted molar refractivity (Wildman–Crippen MR) is 175 cm³/mol. The minimum Gasteiger partial charge on any atom is -0.351 e. The third-order valence-corrected chi connectivity index (χ3v) is 11.8. The summed E-state index contributed by atoms with van der Waals surface area (Å²) in [6.45, 7) is 6.56. The Morgan fingerprint density at radius 3 is 2.26 bits per heavy atom. The molecule has 0 atom stereocenters. The lowest BCUT2D eigenvalue weighted by atomic mass is 9.98. The number of nitrogens with zero attached hydrogens (tertiary/aromatic N) is 4. The summed E-state index contributed by atoms with van der Waals surface area (Å²) in [6.07, 6.45) is 3.84. The minimum absolute atomic E-state index is 0.000696. The lowest BCUT2D eigenvalue weighted by Crippen LogP contribution is -2.42. The van der Waals surface area contributed by atoms with Crippen molar-refractivity contribution < 1.29 is 30.0 Å². The quantitative estimate of drug-likeness (QED) is 0.212. The van der Waals surface area contributed by atoms with Gasteiger partial charge in [-0.3, -0.25) is 4.72 Å². The van der Waals surface area contributed by atoms with Gasteiger partial charge in [0.05, 0.1) is 33.2 Å². The molecule has 0 amide bonds. The summed E-state index contributed by atoms with van der Waals surface area (Å²) in [6, 6.07) is 7.14. The first-order chi connectivity index (χ1) is 21.4. The molecule has 246 valence electrons. The van der Waals surface area contributed by atoms with Crippen LogP contribution in [0, 0.1) is 17.5 Å². The Labute approximate surface area is 277 Å². The number of rotatable bonds is 8. The van der Waals surface area contributed by atoms with Crippen molar-refractivity contribution in [3.8, 4) is 21.8 Å². The zero-order valence-corrected chi connectivity index (χ0v) is 29.1. The lowest BCUT2D eigenvalue weighted by molar-refractivity contribution is 0.331. The van der Waals surface area contributed by atoms with E-state index >= 15 is 4.39 Å². The number of hydrogen-bond acceptors (Lipinski definition) is 9. The monoisotopic (exact) mass is 758 g/mol. The van der Waals surface area contributed by atoms with Crippen molar-refractivity contribution in [1.82, 2.24) is 19.3 Å². The molecule has 1 fully saturated rings. The minimum atomic E-state index is -4.87. The Kier molecular flexibility index (Phi) is 9.54. The second-order valence-electron chi connectivity index (χ2n) is 11.8. The topological polar surface area (TPSA) is 134 Å². The molecule has 10 nitrogen and oxygen atoms in total. The number of benzene rings is 2. The first-order valence-electron chi connectivity index (χ1n) is 14.0. The number of aromatic nitrogens is 3. The van der Waals surface area contributed by atoms with Gasteiger partial charge in [0.1, 0.15) is 11.6 Å². The maximum Gasteiger partial charge on any atom is 0.267 e. The van der Waals surface area contributed by atoms with Crippen molar-refractivity contribution in [2.45, 2.75) is 50.0 Å². The Balaban J connectivity index is 1.50. The van der Waals surface area contributed by atoms with Gasteiger partial charge >= 0.3 is 0 Å². The van der Waals surface area contributed by atoms with E-state index in [4.69, 9.17) is 4.98 Å². The van der Waals surface area contributed by atoms with E-state index in [0.29, 0.717) is 47.5 Å². The molecule has 0 spiro atoms. The molecule has 4 aromatic rings. The van der Waals surface area contributed by atoms with Crippen LogP contribution >= 0.6 is 27.3 Å². The smallest absolute Gasteiger partial charge is 0.267 e. The summed E-state index contributed by atoms with van der Waals surface area (Å²) in [5, 5.41) is 3.91. The zero-order valence-electron chi connectivity index (χ0n) is 25.1. The maximum atomic E-state index is 16.1. The second kappa shape index (κ2) is 12.8. The molecule has 2 N–H and O–H groups in total. The molecule has 0 bridgehead atoms. The van der Waals surface area contributed by atoms with Crippen LogP contribution in [0.3, 0.4) is 0 Å². The van der Waals surface area contributed by atoms with Crippen molar-refractivity contribution in [2.75, 3.05) is 29.4 Å². The van der Waals surface area contributed by atoms with Gasteiger partial charge in [0.25, 0.3) is 10.0 Å². The van der Waals surface area contributed by atoms with Gasteiger partial charge in [-0.05, 0) is 43.2 Å².